The lowest BCUT2D eigenvalue weighted by atomic mass is 9.97. The van der Waals surface area contributed by atoms with Gasteiger partial charge in [-0.05, 0) is 25.3 Å². The average Bonchev–Trinajstić information content (AvgIpc) is 2.56. The van der Waals surface area contributed by atoms with Crippen LogP contribution in [0.4, 0.5) is 0 Å². The number of nitrogens with zero attached hydrogens (tertiary/aromatic N) is 1. The number of hydrogen-bond donors (Lipinski definition) is 0. The van der Waals surface area contributed by atoms with E-state index in [1.165, 1.54) is 29.6 Å². The topological polar surface area (TPSA) is 26.0 Å². The minimum Gasteiger partial charge on any atom is -0.461 e. The van der Waals surface area contributed by atoms with E-state index in [2.05, 4.69) is 4.98 Å². The Balaban J connectivity index is 0.000000750. The molecule has 0 atom stereocenters. The summed E-state index contributed by atoms with van der Waals surface area (Å²) in [5.74, 6) is 1.19. The van der Waals surface area contributed by atoms with Crippen molar-refractivity contribution >= 4 is 23.4 Å². The molecule has 2 aromatic heterocycles. The van der Waals surface area contributed by atoms with Crippen molar-refractivity contribution in [2.75, 3.05) is 0 Å². The van der Waals surface area contributed by atoms with Crippen LogP contribution in [0.5, 0.6) is 0 Å². The van der Waals surface area contributed by atoms with Gasteiger partial charge in [-0.2, -0.15) is 0 Å². The van der Waals surface area contributed by atoms with Gasteiger partial charge in [0.25, 0.3) is 0 Å². The first kappa shape index (κ1) is 9.53. The molecule has 0 aromatic carbocycles. The minimum absolute atomic E-state index is 0. The Hall–Kier alpha value is -1.02. The van der Waals surface area contributed by atoms with Crippen LogP contribution in [-0.2, 0) is 12.8 Å². The highest BCUT2D eigenvalue weighted by Gasteiger charge is 2.16. The lowest BCUT2D eigenvalue weighted by Gasteiger charge is -2.07. The highest BCUT2D eigenvalue weighted by Crippen LogP contribution is 2.30. The van der Waals surface area contributed by atoms with Crippen LogP contribution >= 0.6 is 12.4 Å². The molecule has 0 fully saturated rings. The molecule has 74 valence electrons. The summed E-state index contributed by atoms with van der Waals surface area (Å²) in [6.07, 6.45) is 8.52. The molecule has 0 bridgehead atoms. The first-order valence-corrected chi connectivity index (χ1v) is 4.79. The molecular weight excluding hydrogens is 198 g/mol. The second-order valence-electron chi connectivity index (χ2n) is 3.58. The van der Waals surface area contributed by atoms with Crippen LogP contribution in [0.1, 0.15) is 24.2 Å². The van der Waals surface area contributed by atoms with Crippen molar-refractivity contribution < 1.29 is 4.42 Å². The van der Waals surface area contributed by atoms with Gasteiger partial charge in [-0.3, -0.25) is 4.98 Å². The number of furan rings is 1. The third kappa shape index (κ3) is 1.30. The molecule has 1 aliphatic carbocycles. The standard InChI is InChI=1S/C11H11NO.ClH/c1-2-4-10-8(3-1)9-7-12-6-5-11(9)13-10;/h5-7H,1-4H2;1H. The minimum atomic E-state index is 0. The second-order valence-corrected chi connectivity index (χ2v) is 3.58. The van der Waals surface area contributed by atoms with E-state index in [0.29, 0.717) is 0 Å². The third-order valence-corrected chi connectivity index (χ3v) is 2.76. The van der Waals surface area contributed by atoms with E-state index >= 15 is 0 Å². The maximum atomic E-state index is 5.75. The van der Waals surface area contributed by atoms with Gasteiger partial charge in [0, 0.05) is 29.8 Å². The fourth-order valence-electron chi connectivity index (χ4n) is 2.11. The normalized spacial score (nSPS) is 14.9. The maximum Gasteiger partial charge on any atom is 0.137 e. The second kappa shape index (κ2) is 3.62. The summed E-state index contributed by atoms with van der Waals surface area (Å²) in [7, 11) is 0. The smallest absolute Gasteiger partial charge is 0.137 e. The van der Waals surface area contributed by atoms with Crippen molar-refractivity contribution in [2.45, 2.75) is 25.7 Å². The predicted octanol–water partition coefficient (Wildman–Crippen LogP) is 3.13. The third-order valence-electron chi connectivity index (χ3n) is 2.76. The molecule has 14 heavy (non-hydrogen) atoms. The van der Waals surface area contributed by atoms with Gasteiger partial charge in [-0.25, -0.2) is 0 Å². The van der Waals surface area contributed by atoms with Gasteiger partial charge >= 0.3 is 0 Å². The van der Waals surface area contributed by atoms with E-state index in [1.807, 2.05) is 12.3 Å². The van der Waals surface area contributed by atoms with Gasteiger partial charge in [-0.1, -0.05) is 0 Å². The molecule has 0 radical (unpaired) electrons. The van der Waals surface area contributed by atoms with Crippen molar-refractivity contribution in [1.82, 2.24) is 4.98 Å². The van der Waals surface area contributed by atoms with Gasteiger partial charge < -0.3 is 4.42 Å². The largest absolute Gasteiger partial charge is 0.461 e. The molecule has 0 saturated heterocycles. The highest BCUT2D eigenvalue weighted by atomic mass is 35.5. The Kier molecular flexibility index (Phi) is 2.46. The number of aromatic nitrogens is 1. The van der Waals surface area contributed by atoms with Crippen LogP contribution in [0, 0.1) is 0 Å². The van der Waals surface area contributed by atoms with Crippen LogP contribution in [0.15, 0.2) is 22.9 Å². The molecule has 2 nitrogen and oxygen atoms in total. The molecule has 3 rings (SSSR count). The lowest BCUT2D eigenvalue weighted by molar-refractivity contribution is 0.506. The molecule has 0 aliphatic heterocycles. The first-order chi connectivity index (χ1) is 6.45. The van der Waals surface area contributed by atoms with Crippen molar-refractivity contribution in [3.05, 3.63) is 29.8 Å². The molecule has 0 amide bonds. The Morgan fingerprint density at radius 1 is 1.21 bits per heavy atom. The molecule has 0 spiro atoms. The fourth-order valence-corrected chi connectivity index (χ4v) is 2.11. The lowest BCUT2D eigenvalue weighted by Crippen LogP contribution is -1.98. The van der Waals surface area contributed by atoms with Crippen LogP contribution in [-0.4, -0.2) is 4.98 Å². The Bertz CT molecular complexity index is 449. The molecule has 1 aliphatic rings. The van der Waals surface area contributed by atoms with E-state index in [1.54, 1.807) is 6.20 Å². The number of rotatable bonds is 0. The highest BCUT2D eigenvalue weighted by molar-refractivity contribution is 5.85. The number of hydrogen-bond acceptors (Lipinski definition) is 2. The van der Waals surface area contributed by atoms with E-state index in [-0.39, 0.29) is 12.4 Å². The summed E-state index contributed by atoms with van der Waals surface area (Å²) in [6.45, 7) is 0. The SMILES string of the molecule is Cl.c1cc2oc3c(c2cn1)CCCC3. The van der Waals surface area contributed by atoms with E-state index in [9.17, 15) is 0 Å². The van der Waals surface area contributed by atoms with Crippen LogP contribution in [0.25, 0.3) is 11.0 Å². The number of pyridine rings is 1. The van der Waals surface area contributed by atoms with Crippen molar-refractivity contribution in [1.29, 1.82) is 0 Å². The van der Waals surface area contributed by atoms with Gasteiger partial charge in [-0.15, -0.1) is 12.4 Å². The maximum absolute atomic E-state index is 5.75. The van der Waals surface area contributed by atoms with E-state index < -0.39 is 0 Å². The zero-order valence-corrected chi connectivity index (χ0v) is 8.64. The average molecular weight is 210 g/mol. The zero-order valence-electron chi connectivity index (χ0n) is 7.82. The van der Waals surface area contributed by atoms with Crippen molar-refractivity contribution in [3.8, 4) is 0 Å². The Morgan fingerprint density at radius 2 is 2.07 bits per heavy atom. The summed E-state index contributed by atoms with van der Waals surface area (Å²) >= 11 is 0. The summed E-state index contributed by atoms with van der Waals surface area (Å²) in [4.78, 5) is 4.13. The number of fused-ring (bicyclic) bond motifs is 3. The summed E-state index contributed by atoms with van der Waals surface area (Å²) in [6, 6.07) is 1.95. The monoisotopic (exact) mass is 209 g/mol. The number of aryl methyl sites for hydroxylation is 2. The molecular formula is C11H12ClNO. The molecule has 3 heteroatoms. The number of halogens is 1. The van der Waals surface area contributed by atoms with Gasteiger partial charge in [0.15, 0.2) is 0 Å². The van der Waals surface area contributed by atoms with E-state index in [4.69, 9.17) is 4.42 Å². The van der Waals surface area contributed by atoms with Gasteiger partial charge in [0.1, 0.15) is 11.3 Å². The van der Waals surface area contributed by atoms with Crippen LogP contribution < -0.4 is 0 Å². The first-order valence-electron chi connectivity index (χ1n) is 4.79. The molecule has 0 N–H and O–H groups in total. The molecule has 2 heterocycles. The van der Waals surface area contributed by atoms with E-state index in [0.717, 1.165) is 18.4 Å². The Labute approximate surface area is 88.7 Å². The molecule has 0 saturated carbocycles. The molecule has 2 aromatic rings. The molecule has 0 unspecified atom stereocenters. The van der Waals surface area contributed by atoms with Crippen molar-refractivity contribution in [2.24, 2.45) is 0 Å². The van der Waals surface area contributed by atoms with Gasteiger partial charge in [0.05, 0.1) is 0 Å². The van der Waals surface area contributed by atoms with Crippen molar-refractivity contribution in [3.63, 3.8) is 0 Å². The Morgan fingerprint density at radius 3 is 3.00 bits per heavy atom. The van der Waals surface area contributed by atoms with Gasteiger partial charge in [0.2, 0.25) is 0 Å². The zero-order chi connectivity index (χ0) is 8.67. The van der Waals surface area contributed by atoms with Crippen LogP contribution in [0.3, 0.4) is 0 Å². The quantitative estimate of drug-likeness (QED) is 0.666. The van der Waals surface area contributed by atoms with Crippen LogP contribution in [0.2, 0.25) is 0 Å². The summed E-state index contributed by atoms with van der Waals surface area (Å²) in [5.41, 5.74) is 2.40. The summed E-state index contributed by atoms with van der Waals surface area (Å²) < 4.78 is 5.75. The predicted molar refractivity (Wildman–Crippen MR) is 57.9 cm³/mol. The fraction of sp³-hybridized carbons (Fsp3) is 0.364. The summed E-state index contributed by atoms with van der Waals surface area (Å²) in [5, 5.41) is 1.22.